The lowest BCUT2D eigenvalue weighted by atomic mass is 10.0. The number of rotatable bonds is 19. The quantitative estimate of drug-likeness (QED) is 0.0871. The van der Waals surface area contributed by atoms with Gasteiger partial charge in [-0.1, -0.05) is 96.3 Å². The Kier molecular flexibility index (Phi) is 24.4. The maximum Gasteiger partial charge on any atom is 0.394 e. The molecule has 8 nitrogen and oxygen atoms in total. The minimum Gasteiger partial charge on any atom is -0.396 e. The first-order valence-electron chi connectivity index (χ1n) is 11.1. The molecule has 0 fully saturated rings. The Bertz CT molecular complexity index is 447. The summed E-state index contributed by atoms with van der Waals surface area (Å²) in [6, 6.07) is 0. The first-order chi connectivity index (χ1) is 13.8. The summed E-state index contributed by atoms with van der Waals surface area (Å²) < 4.78 is 31.6. The molecule has 0 rings (SSSR count). The molecule has 0 aromatic rings. The summed E-state index contributed by atoms with van der Waals surface area (Å²) in [4.78, 5) is 4.00. The highest BCUT2D eigenvalue weighted by molar-refractivity contribution is 7.79. The molecule has 9 heteroatoms. The van der Waals surface area contributed by atoms with Crippen molar-refractivity contribution in [3.63, 3.8) is 0 Å². The summed E-state index contributed by atoms with van der Waals surface area (Å²) in [6.07, 6.45) is 22.5. The van der Waals surface area contributed by atoms with Crippen LogP contribution in [0.3, 0.4) is 0 Å². The van der Waals surface area contributed by atoms with Gasteiger partial charge in [-0.3, -0.25) is 14.1 Å². The van der Waals surface area contributed by atoms with E-state index in [4.69, 9.17) is 34.1 Å². The first kappa shape index (κ1) is 30.3. The smallest absolute Gasteiger partial charge is 0.394 e. The largest absolute Gasteiger partial charge is 0.396 e. The zero-order valence-electron chi connectivity index (χ0n) is 18.1. The van der Waals surface area contributed by atoms with E-state index in [0.717, 1.165) is 19.4 Å². The minimum absolute atomic E-state index is 0.216. The van der Waals surface area contributed by atoms with E-state index in [9.17, 15) is 0 Å². The molecule has 176 valence electrons. The van der Waals surface area contributed by atoms with Gasteiger partial charge in [-0.05, 0) is 12.8 Å². The van der Waals surface area contributed by atoms with E-state index in [1.807, 2.05) is 0 Å². The summed E-state index contributed by atoms with van der Waals surface area (Å²) in [5.41, 5.74) is 10.6. The van der Waals surface area contributed by atoms with E-state index in [1.54, 1.807) is 0 Å². The fourth-order valence-electron chi connectivity index (χ4n) is 3.08. The molecule has 0 heterocycles. The van der Waals surface area contributed by atoms with Crippen LogP contribution in [0.5, 0.6) is 0 Å². The number of aliphatic hydroxyl groups is 1. The average Bonchev–Trinajstić information content (AvgIpc) is 2.62. The van der Waals surface area contributed by atoms with Crippen molar-refractivity contribution in [3.05, 3.63) is 0 Å². The van der Waals surface area contributed by atoms with E-state index in [0.29, 0.717) is 6.61 Å². The Hall–Kier alpha value is -0.900. The van der Waals surface area contributed by atoms with Crippen molar-refractivity contribution in [2.24, 2.45) is 16.5 Å². The number of hydrogen-bond acceptors (Lipinski definition) is 4. The van der Waals surface area contributed by atoms with E-state index >= 15 is 0 Å². The van der Waals surface area contributed by atoms with E-state index < -0.39 is 10.4 Å². The second-order valence-corrected chi connectivity index (χ2v) is 8.38. The molecular weight excluding hydrogens is 394 g/mol. The Morgan fingerprint density at radius 2 is 0.828 bits per heavy atom. The van der Waals surface area contributed by atoms with Gasteiger partial charge in [0.25, 0.3) is 0 Å². The summed E-state index contributed by atoms with van der Waals surface area (Å²) >= 11 is 0. The minimum atomic E-state index is -4.67. The number of aliphatic imine (C=N–C) groups is 1. The lowest BCUT2D eigenvalue weighted by molar-refractivity contribution is 0.282. The van der Waals surface area contributed by atoms with Gasteiger partial charge in [0.2, 0.25) is 0 Å². The van der Waals surface area contributed by atoms with Crippen LogP contribution in [0.2, 0.25) is 0 Å². The Labute approximate surface area is 178 Å². The van der Waals surface area contributed by atoms with Crippen molar-refractivity contribution in [1.82, 2.24) is 0 Å². The molecule has 0 unspecified atom stereocenters. The molecule has 29 heavy (non-hydrogen) atoms. The number of nitrogens with zero attached hydrogens (tertiary/aromatic N) is 1. The maximum absolute atomic E-state index is 8.74. The van der Waals surface area contributed by atoms with Crippen LogP contribution in [0.1, 0.15) is 109 Å². The van der Waals surface area contributed by atoms with Gasteiger partial charge in [0.15, 0.2) is 5.96 Å². The normalized spacial score (nSPS) is 11.0. The molecule has 0 aromatic carbocycles. The lowest BCUT2D eigenvalue weighted by Crippen LogP contribution is -2.22. The van der Waals surface area contributed by atoms with E-state index in [-0.39, 0.29) is 5.96 Å². The van der Waals surface area contributed by atoms with Crippen LogP contribution in [0.15, 0.2) is 4.99 Å². The molecule has 0 aliphatic carbocycles. The molecule has 0 amide bonds. The highest BCUT2D eigenvalue weighted by Crippen LogP contribution is 2.13. The van der Waals surface area contributed by atoms with Gasteiger partial charge in [0.05, 0.1) is 0 Å². The van der Waals surface area contributed by atoms with Gasteiger partial charge in [0, 0.05) is 13.2 Å². The van der Waals surface area contributed by atoms with Crippen molar-refractivity contribution in [2.75, 3.05) is 13.2 Å². The molecule has 0 saturated heterocycles. The predicted octanol–water partition coefficient (Wildman–Crippen LogP) is 4.23. The molecule has 7 N–H and O–H groups in total. The number of nitrogens with two attached hydrogens (primary N) is 2. The van der Waals surface area contributed by atoms with Crippen LogP contribution in [0, 0.1) is 0 Å². The molecule has 0 aromatic heterocycles. The average molecular weight is 440 g/mol. The second kappa shape index (κ2) is 23.4. The summed E-state index contributed by atoms with van der Waals surface area (Å²) in [7, 11) is -4.67. The molecule has 0 saturated carbocycles. The first-order valence-corrected chi connectivity index (χ1v) is 12.5. The Balaban J connectivity index is 0. The molecule has 0 radical (unpaired) electrons. The van der Waals surface area contributed by atoms with Crippen LogP contribution in [0.25, 0.3) is 0 Å². The third-order valence-electron chi connectivity index (χ3n) is 4.61. The van der Waals surface area contributed by atoms with Crippen molar-refractivity contribution in [1.29, 1.82) is 0 Å². The van der Waals surface area contributed by atoms with Crippen molar-refractivity contribution < 1.29 is 22.6 Å². The van der Waals surface area contributed by atoms with E-state index in [2.05, 4.69) is 4.99 Å². The third kappa shape index (κ3) is 42.3. The molecular formula is C20H45N3O5S. The number of guanidine groups is 1. The van der Waals surface area contributed by atoms with Gasteiger partial charge in [-0.15, -0.1) is 0 Å². The highest BCUT2D eigenvalue weighted by atomic mass is 32.3. The third-order valence-corrected chi connectivity index (χ3v) is 4.61. The number of hydrogen-bond donors (Lipinski definition) is 5. The van der Waals surface area contributed by atoms with Crippen LogP contribution in [0.4, 0.5) is 0 Å². The highest BCUT2D eigenvalue weighted by Gasteiger charge is 1.95. The van der Waals surface area contributed by atoms with Crippen molar-refractivity contribution in [3.8, 4) is 0 Å². The molecule has 0 spiro atoms. The Morgan fingerprint density at radius 1 is 0.586 bits per heavy atom. The van der Waals surface area contributed by atoms with Gasteiger partial charge in [-0.25, -0.2) is 0 Å². The topological polar surface area (TPSA) is 159 Å². The van der Waals surface area contributed by atoms with Gasteiger partial charge in [0.1, 0.15) is 0 Å². The summed E-state index contributed by atoms with van der Waals surface area (Å²) in [5.74, 6) is 0.216. The van der Waals surface area contributed by atoms with Gasteiger partial charge in [-0.2, -0.15) is 8.42 Å². The number of unbranched alkanes of at least 4 members (excludes halogenated alkanes) is 16. The van der Waals surface area contributed by atoms with Crippen molar-refractivity contribution >= 4 is 16.4 Å². The fourth-order valence-corrected chi connectivity index (χ4v) is 3.08. The van der Waals surface area contributed by atoms with Gasteiger partial charge >= 0.3 is 10.4 Å². The second-order valence-electron chi connectivity index (χ2n) is 7.49. The standard InChI is InChI=1S/C20H43N3O.H2O4S/c21-20(22)23-18-16-14-12-10-8-6-4-2-1-3-5-7-9-11-13-15-17-19-24;1-5(2,3)4/h24H,1-19H2,(H4,21,22,23);(H2,1,2,3,4). The van der Waals surface area contributed by atoms with Crippen LogP contribution in [-0.4, -0.2) is 41.7 Å². The van der Waals surface area contributed by atoms with Crippen molar-refractivity contribution in [2.45, 2.75) is 109 Å². The molecule has 0 aliphatic rings. The van der Waals surface area contributed by atoms with Crippen LogP contribution < -0.4 is 11.5 Å². The van der Waals surface area contributed by atoms with E-state index in [1.165, 1.54) is 96.3 Å². The predicted molar refractivity (Wildman–Crippen MR) is 120 cm³/mol. The SMILES string of the molecule is NC(N)=NCCCCCCCCCCCCCCCCCCCO.O=S(=O)(O)O. The van der Waals surface area contributed by atoms with Crippen LogP contribution in [-0.2, 0) is 10.4 Å². The van der Waals surface area contributed by atoms with Gasteiger partial charge < -0.3 is 16.6 Å². The molecule has 0 atom stereocenters. The number of aliphatic hydroxyl groups excluding tert-OH is 1. The zero-order valence-corrected chi connectivity index (χ0v) is 18.9. The molecule has 0 bridgehead atoms. The van der Waals surface area contributed by atoms with Crippen LogP contribution >= 0.6 is 0 Å². The lowest BCUT2D eigenvalue weighted by Gasteiger charge is -2.03. The Morgan fingerprint density at radius 3 is 1.07 bits per heavy atom. The fraction of sp³-hybridized carbons (Fsp3) is 0.950. The monoisotopic (exact) mass is 439 g/mol. The summed E-state index contributed by atoms with van der Waals surface area (Å²) in [6.45, 7) is 1.14. The zero-order chi connectivity index (χ0) is 22.2. The molecule has 0 aliphatic heterocycles. The summed E-state index contributed by atoms with van der Waals surface area (Å²) in [5, 5.41) is 8.71. The maximum atomic E-state index is 8.74.